The molecule has 0 saturated carbocycles. The zero-order chi connectivity index (χ0) is 17.3. The third kappa shape index (κ3) is 4.35. The van der Waals surface area contributed by atoms with E-state index < -0.39 is 32.8 Å². The first kappa shape index (κ1) is 17.1. The summed E-state index contributed by atoms with van der Waals surface area (Å²) in [5.41, 5.74) is 0.204. The van der Waals surface area contributed by atoms with Crippen LogP contribution in [0.3, 0.4) is 0 Å². The van der Waals surface area contributed by atoms with E-state index in [1.165, 1.54) is 24.3 Å². The monoisotopic (exact) mass is 349 g/mol. The van der Waals surface area contributed by atoms with Gasteiger partial charge in [-0.25, -0.2) is 12.8 Å². The molecule has 0 heterocycles. The molecule has 0 spiro atoms. The van der Waals surface area contributed by atoms with E-state index in [2.05, 4.69) is 4.74 Å². The summed E-state index contributed by atoms with van der Waals surface area (Å²) >= 11 is 0. The molecular formula is C14H11F4NO3S. The van der Waals surface area contributed by atoms with Gasteiger partial charge < -0.3 is 4.74 Å². The van der Waals surface area contributed by atoms with Crippen LogP contribution in [0.25, 0.3) is 0 Å². The quantitative estimate of drug-likeness (QED) is 0.854. The molecule has 0 aromatic heterocycles. The van der Waals surface area contributed by atoms with Crippen molar-refractivity contribution in [2.75, 3.05) is 4.72 Å². The largest absolute Gasteiger partial charge is 0.573 e. The lowest BCUT2D eigenvalue weighted by atomic mass is 10.2. The summed E-state index contributed by atoms with van der Waals surface area (Å²) in [5, 5.41) is 0. The number of aryl methyl sites for hydroxylation is 1. The smallest absolute Gasteiger partial charge is 0.404 e. The number of hydrogen-bond donors (Lipinski definition) is 1. The summed E-state index contributed by atoms with van der Waals surface area (Å²) in [6.07, 6.45) is -5.06. The van der Waals surface area contributed by atoms with Crippen LogP contribution in [0.1, 0.15) is 5.56 Å². The van der Waals surface area contributed by atoms with Crippen LogP contribution < -0.4 is 9.46 Å². The fraction of sp³-hybridized carbons (Fsp3) is 0.143. The molecule has 0 bridgehead atoms. The van der Waals surface area contributed by atoms with E-state index in [0.717, 1.165) is 18.2 Å². The number of hydrogen-bond acceptors (Lipinski definition) is 3. The Bertz CT molecular complexity index is 819. The fourth-order valence-corrected chi connectivity index (χ4v) is 2.99. The van der Waals surface area contributed by atoms with Gasteiger partial charge in [0.1, 0.15) is 16.5 Å². The third-order valence-corrected chi connectivity index (χ3v) is 4.14. The normalized spacial score (nSPS) is 12.0. The van der Waals surface area contributed by atoms with Gasteiger partial charge in [-0.1, -0.05) is 18.2 Å². The van der Waals surface area contributed by atoms with Gasteiger partial charge in [-0.05, 0) is 36.8 Å². The number of rotatable bonds is 4. The zero-order valence-corrected chi connectivity index (χ0v) is 12.5. The molecule has 2 aromatic carbocycles. The number of anilines is 1. The van der Waals surface area contributed by atoms with Gasteiger partial charge in [0.25, 0.3) is 10.0 Å². The van der Waals surface area contributed by atoms with E-state index in [4.69, 9.17) is 0 Å². The van der Waals surface area contributed by atoms with Crippen molar-refractivity contribution in [3.63, 3.8) is 0 Å². The number of ether oxygens (including phenoxy) is 1. The second kappa shape index (κ2) is 6.07. The van der Waals surface area contributed by atoms with Gasteiger partial charge in [-0.3, -0.25) is 4.72 Å². The Morgan fingerprint density at radius 3 is 2.39 bits per heavy atom. The van der Waals surface area contributed by atoms with Gasteiger partial charge in [0, 0.05) is 0 Å². The Kier molecular flexibility index (Phi) is 4.51. The average Bonchev–Trinajstić information content (AvgIpc) is 2.41. The molecule has 9 heteroatoms. The van der Waals surface area contributed by atoms with E-state index in [1.54, 1.807) is 6.92 Å². The van der Waals surface area contributed by atoms with Crippen LogP contribution in [0.2, 0.25) is 0 Å². The lowest BCUT2D eigenvalue weighted by molar-refractivity contribution is -0.275. The minimum atomic E-state index is -5.06. The van der Waals surface area contributed by atoms with Gasteiger partial charge in [0.2, 0.25) is 0 Å². The second-order valence-corrected chi connectivity index (χ2v) is 6.23. The van der Waals surface area contributed by atoms with Crippen molar-refractivity contribution in [1.29, 1.82) is 0 Å². The van der Waals surface area contributed by atoms with Gasteiger partial charge in [0.05, 0.1) is 5.69 Å². The Labute approximate surface area is 129 Å². The van der Waals surface area contributed by atoms with E-state index in [9.17, 15) is 26.0 Å². The van der Waals surface area contributed by atoms with Gasteiger partial charge >= 0.3 is 6.36 Å². The van der Waals surface area contributed by atoms with Crippen molar-refractivity contribution in [2.45, 2.75) is 18.2 Å². The van der Waals surface area contributed by atoms with Crippen LogP contribution in [0.5, 0.6) is 5.75 Å². The van der Waals surface area contributed by atoms with Crippen LogP contribution in [0.4, 0.5) is 23.2 Å². The maximum Gasteiger partial charge on any atom is 0.573 e. The average molecular weight is 349 g/mol. The maximum absolute atomic E-state index is 13.6. The van der Waals surface area contributed by atoms with Crippen molar-refractivity contribution in [3.8, 4) is 5.75 Å². The van der Waals surface area contributed by atoms with Gasteiger partial charge in [-0.2, -0.15) is 0 Å². The molecule has 0 unspecified atom stereocenters. The highest BCUT2D eigenvalue weighted by molar-refractivity contribution is 7.92. The SMILES string of the molecule is Cc1ccc(F)c(NS(=O)(=O)c2ccccc2OC(F)(F)F)c1. The van der Waals surface area contributed by atoms with Crippen LogP contribution >= 0.6 is 0 Å². The Hall–Kier alpha value is -2.29. The summed E-state index contributed by atoms with van der Waals surface area (Å²) in [4.78, 5) is -0.752. The molecule has 0 amide bonds. The third-order valence-electron chi connectivity index (χ3n) is 2.73. The van der Waals surface area contributed by atoms with Crippen LogP contribution in [-0.4, -0.2) is 14.8 Å². The molecule has 0 aliphatic heterocycles. The van der Waals surface area contributed by atoms with Crippen molar-refractivity contribution >= 4 is 15.7 Å². The molecule has 2 rings (SSSR count). The predicted molar refractivity (Wildman–Crippen MR) is 75.1 cm³/mol. The Balaban J connectivity index is 2.42. The molecule has 1 N–H and O–H groups in total. The Morgan fingerprint density at radius 1 is 1.09 bits per heavy atom. The number of halogens is 4. The first-order valence-electron chi connectivity index (χ1n) is 6.22. The highest BCUT2D eigenvalue weighted by atomic mass is 32.2. The lowest BCUT2D eigenvalue weighted by Crippen LogP contribution is -2.21. The fourth-order valence-electron chi connectivity index (χ4n) is 1.80. The number of para-hydroxylation sites is 1. The molecule has 2 aromatic rings. The second-order valence-electron chi connectivity index (χ2n) is 4.58. The van der Waals surface area contributed by atoms with Crippen molar-refractivity contribution in [2.24, 2.45) is 0 Å². The molecular weight excluding hydrogens is 338 g/mol. The molecule has 124 valence electrons. The summed E-state index contributed by atoms with van der Waals surface area (Å²) < 4.78 is 80.8. The molecule has 0 saturated heterocycles. The predicted octanol–water partition coefficient (Wildman–Crippen LogP) is 3.83. The van der Waals surface area contributed by atoms with E-state index in [0.29, 0.717) is 5.56 Å². The number of benzene rings is 2. The van der Waals surface area contributed by atoms with Crippen LogP contribution in [0, 0.1) is 12.7 Å². The van der Waals surface area contributed by atoms with Crippen molar-refractivity contribution < 1.29 is 30.7 Å². The number of alkyl halides is 3. The lowest BCUT2D eigenvalue weighted by Gasteiger charge is -2.14. The van der Waals surface area contributed by atoms with E-state index in [1.807, 2.05) is 4.72 Å². The molecule has 0 radical (unpaired) electrons. The highest BCUT2D eigenvalue weighted by Gasteiger charge is 2.34. The van der Waals surface area contributed by atoms with Crippen molar-refractivity contribution in [3.05, 3.63) is 53.8 Å². The first-order valence-corrected chi connectivity index (χ1v) is 7.70. The van der Waals surface area contributed by atoms with Gasteiger partial charge in [-0.15, -0.1) is 13.2 Å². The Morgan fingerprint density at radius 2 is 1.74 bits per heavy atom. The van der Waals surface area contributed by atoms with E-state index >= 15 is 0 Å². The summed E-state index contributed by atoms with van der Waals surface area (Å²) in [6.45, 7) is 1.61. The van der Waals surface area contributed by atoms with Crippen LogP contribution in [-0.2, 0) is 10.0 Å². The topological polar surface area (TPSA) is 55.4 Å². The minimum absolute atomic E-state index is 0.369. The number of nitrogens with one attached hydrogen (secondary N) is 1. The number of sulfonamides is 1. The zero-order valence-electron chi connectivity index (χ0n) is 11.7. The van der Waals surface area contributed by atoms with Crippen LogP contribution in [0.15, 0.2) is 47.4 Å². The molecule has 23 heavy (non-hydrogen) atoms. The molecule has 0 atom stereocenters. The van der Waals surface area contributed by atoms with E-state index in [-0.39, 0.29) is 5.69 Å². The molecule has 0 aliphatic carbocycles. The summed E-state index contributed by atoms with van der Waals surface area (Å²) in [5.74, 6) is -1.76. The molecule has 4 nitrogen and oxygen atoms in total. The van der Waals surface area contributed by atoms with Gasteiger partial charge in [0.15, 0.2) is 0 Å². The van der Waals surface area contributed by atoms with Crippen molar-refractivity contribution in [1.82, 2.24) is 0 Å². The minimum Gasteiger partial charge on any atom is -0.404 e. The molecule has 0 aliphatic rings. The summed E-state index contributed by atoms with van der Waals surface area (Å²) in [7, 11) is -4.47. The first-order chi connectivity index (χ1) is 10.6. The maximum atomic E-state index is 13.6. The standard InChI is InChI=1S/C14H11F4NO3S/c1-9-6-7-10(15)11(8-9)19-23(20,21)13-5-3-2-4-12(13)22-14(16,17)18/h2-8,19H,1H3. The highest BCUT2D eigenvalue weighted by Crippen LogP contribution is 2.31. The summed E-state index contributed by atoms with van der Waals surface area (Å²) in [6, 6.07) is 7.89. The molecule has 0 fully saturated rings.